The molecule has 3 heterocycles. The molecule has 8 heteroatoms. The zero-order valence-corrected chi connectivity index (χ0v) is 19.7. The van der Waals surface area contributed by atoms with Crippen molar-refractivity contribution in [2.24, 2.45) is 0 Å². The number of amides is 2. The molecule has 7 nitrogen and oxygen atoms in total. The smallest absolute Gasteiger partial charge is 0.261 e. The van der Waals surface area contributed by atoms with E-state index in [2.05, 4.69) is 27.3 Å². The van der Waals surface area contributed by atoms with Crippen LogP contribution in [0.5, 0.6) is 0 Å². The van der Waals surface area contributed by atoms with Crippen molar-refractivity contribution in [3.63, 3.8) is 0 Å². The Hall–Kier alpha value is -4.17. The van der Waals surface area contributed by atoms with Crippen molar-refractivity contribution in [1.82, 2.24) is 24.6 Å². The second-order valence-corrected chi connectivity index (χ2v) is 9.45. The SMILES string of the molecule is Cc1cccc(-n2c(SCCN3C(=O)c4ccccc4C3=O)nnc2-c2c[nH]c3ccccc23)c1. The van der Waals surface area contributed by atoms with Crippen LogP contribution in [0.4, 0.5) is 0 Å². The van der Waals surface area contributed by atoms with Crippen molar-refractivity contribution in [1.29, 1.82) is 0 Å². The van der Waals surface area contributed by atoms with Gasteiger partial charge in [-0.05, 0) is 42.8 Å². The first kappa shape index (κ1) is 21.4. The minimum atomic E-state index is -0.245. The first-order chi connectivity index (χ1) is 17.1. The Kier molecular flexibility index (Phi) is 5.22. The van der Waals surface area contributed by atoms with Crippen molar-refractivity contribution in [3.8, 4) is 17.1 Å². The van der Waals surface area contributed by atoms with Crippen molar-refractivity contribution in [2.45, 2.75) is 12.1 Å². The number of carbonyl (C=O) groups excluding carboxylic acids is 2. The monoisotopic (exact) mass is 479 g/mol. The number of thioether (sulfide) groups is 1. The van der Waals surface area contributed by atoms with Gasteiger partial charge in [-0.1, -0.05) is 54.2 Å². The molecule has 1 aliphatic heterocycles. The number of para-hydroxylation sites is 1. The van der Waals surface area contributed by atoms with Gasteiger partial charge in [0.1, 0.15) is 0 Å². The fourth-order valence-electron chi connectivity index (χ4n) is 4.46. The molecule has 0 radical (unpaired) electrons. The Morgan fingerprint density at radius 3 is 2.37 bits per heavy atom. The minimum Gasteiger partial charge on any atom is -0.360 e. The van der Waals surface area contributed by atoms with E-state index < -0.39 is 0 Å². The molecule has 172 valence electrons. The molecule has 6 rings (SSSR count). The van der Waals surface area contributed by atoms with Crippen LogP contribution in [-0.2, 0) is 0 Å². The summed E-state index contributed by atoms with van der Waals surface area (Å²) < 4.78 is 2.04. The van der Waals surface area contributed by atoms with E-state index in [-0.39, 0.29) is 11.8 Å². The quantitative estimate of drug-likeness (QED) is 0.270. The second kappa shape index (κ2) is 8.56. The minimum absolute atomic E-state index is 0.245. The number of nitrogens with one attached hydrogen (secondary N) is 1. The number of nitrogens with zero attached hydrogens (tertiary/aromatic N) is 4. The fraction of sp³-hybridized carbons (Fsp3) is 0.111. The van der Waals surface area contributed by atoms with Gasteiger partial charge >= 0.3 is 0 Å². The summed E-state index contributed by atoms with van der Waals surface area (Å²) in [6.07, 6.45) is 1.95. The van der Waals surface area contributed by atoms with E-state index >= 15 is 0 Å². The number of benzene rings is 3. The van der Waals surface area contributed by atoms with Gasteiger partial charge in [-0.15, -0.1) is 10.2 Å². The molecular formula is C27H21N5O2S. The van der Waals surface area contributed by atoms with Crippen LogP contribution in [0.1, 0.15) is 26.3 Å². The van der Waals surface area contributed by atoms with Crippen LogP contribution < -0.4 is 0 Å². The predicted octanol–water partition coefficient (Wildman–Crippen LogP) is 5.11. The standard InChI is InChI=1S/C27H21N5O2S/c1-17-7-6-8-18(15-17)32-24(22-16-28-23-12-5-4-9-19(22)23)29-30-27(32)35-14-13-31-25(33)20-10-2-3-11-21(20)26(31)34/h2-12,15-16,28H,13-14H2,1H3. The van der Waals surface area contributed by atoms with E-state index in [1.165, 1.54) is 16.7 Å². The number of rotatable bonds is 6. The zero-order chi connectivity index (χ0) is 23.9. The highest BCUT2D eigenvalue weighted by molar-refractivity contribution is 7.99. The van der Waals surface area contributed by atoms with Crippen molar-refractivity contribution in [2.75, 3.05) is 12.3 Å². The average Bonchev–Trinajstić information content (AvgIpc) is 3.55. The Bertz CT molecular complexity index is 1570. The number of carbonyl (C=O) groups is 2. The van der Waals surface area contributed by atoms with E-state index in [1.807, 2.05) is 54.1 Å². The summed E-state index contributed by atoms with van der Waals surface area (Å²) in [5.41, 5.74) is 5.00. The van der Waals surface area contributed by atoms with Gasteiger partial charge in [0, 0.05) is 40.6 Å². The topological polar surface area (TPSA) is 83.9 Å². The number of imide groups is 1. The molecule has 0 saturated carbocycles. The second-order valence-electron chi connectivity index (χ2n) is 8.38. The number of hydrogen-bond acceptors (Lipinski definition) is 5. The molecule has 2 amide bonds. The Morgan fingerprint density at radius 1 is 0.857 bits per heavy atom. The molecule has 0 aliphatic carbocycles. The molecule has 1 N–H and O–H groups in total. The summed E-state index contributed by atoms with van der Waals surface area (Å²) in [5.74, 6) is 0.747. The lowest BCUT2D eigenvalue weighted by molar-refractivity contribution is 0.0664. The lowest BCUT2D eigenvalue weighted by Crippen LogP contribution is -2.31. The molecule has 0 unspecified atom stereocenters. The zero-order valence-electron chi connectivity index (χ0n) is 18.9. The Labute approximate surface area is 205 Å². The highest BCUT2D eigenvalue weighted by Gasteiger charge is 2.34. The number of H-pyrrole nitrogens is 1. The van der Waals surface area contributed by atoms with Gasteiger partial charge in [-0.2, -0.15) is 0 Å². The normalized spacial score (nSPS) is 13.1. The molecule has 5 aromatic rings. The number of fused-ring (bicyclic) bond motifs is 2. The summed E-state index contributed by atoms with van der Waals surface area (Å²) in [6, 6.07) is 23.2. The highest BCUT2D eigenvalue weighted by Crippen LogP contribution is 2.33. The summed E-state index contributed by atoms with van der Waals surface area (Å²) in [5, 5.41) is 10.8. The highest BCUT2D eigenvalue weighted by atomic mass is 32.2. The van der Waals surface area contributed by atoms with Gasteiger partial charge in [-0.25, -0.2) is 0 Å². The third kappa shape index (κ3) is 3.63. The van der Waals surface area contributed by atoms with Gasteiger partial charge in [0.15, 0.2) is 11.0 Å². The van der Waals surface area contributed by atoms with Crippen molar-refractivity contribution >= 4 is 34.5 Å². The molecule has 0 fully saturated rings. The number of aromatic nitrogens is 4. The van der Waals surface area contributed by atoms with Crippen molar-refractivity contribution < 1.29 is 9.59 Å². The van der Waals surface area contributed by atoms with E-state index in [9.17, 15) is 9.59 Å². The molecule has 1 aliphatic rings. The molecule has 2 aromatic heterocycles. The lowest BCUT2D eigenvalue weighted by Gasteiger charge is -2.14. The largest absolute Gasteiger partial charge is 0.360 e. The summed E-state index contributed by atoms with van der Waals surface area (Å²) >= 11 is 1.47. The summed E-state index contributed by atoms with van der Waals surface area (Å²) in [6.45, 7) is 2.34. The van der Waals surface area contributed by atoms with E-state index in [0.29, 0.717) is 28.6 Å². The molecule has 35 heavy (non-hydrogen) atoms. The van der Waals surface area contributed by atoms with Crippen molar-refractivity contribution in [3.05, 3.63) is 95.7 Å². The van der Waals surface area contributed by atoms with Crippen LogP contribution >= 0.6 is 11.8 Å². The van der Waals surface area contributed by atoms with E-state index in [1.54, 1.807) is 24.3 Å². The van der Waals surface area contributed by atoms with Gasteiger partial charge < -0.3 is 4.98 Å². The van der Waals surface area contributed by atoms with Crippen LogP contribution in [0.25, 0.3) is 28.0 Å². The number of hydrogen-bond donors (Lipinski definition) is 1. The van der Waals surface area contributed by atoms with Gasteiger partial charge in [0.25, 0.3) is 11.8 Å². The third-order valence-electron chi connectivity index (χ3n) is 6.15. The van der Waals surface area contributed by atoms with Gasteiger partial charge in [0.2, 0.25) is 0 Å². The van der Waals surface area contributed by atoms with Gasteiger partial charge in [0.05, 0.1) is 11.1 Å². The average molecular weight is 480 g/mol. The number of aryl methyl sites for hydroxylation is 1. The van der Waals surface area contributed by atoms with E-state index in [4.69, 9.17) is 0 Å². The van der Waals surface area contributed by atoms with Gasteiger partial charge in [-0.3, -0.25) is 19.1 Å². The predicted molar refractivity (Wildman–Crippen MR) is 136 cm³/mol. The van der Waals surface area contributed by atoms with Crippen LogP contribution in [-0.4, -0.2) is 48.8 Å². The fourth-order valence-corrected chi connectivity index (χ4v) is 5.34. The number of aromatic amines is 1. The summed E-state index contributed by atoms with van der Waals surface area (Å²) in [7, 11) is 0. The Balaban J connectivity index is 1.32. The molecule has 0 spiro atoms. The maximum absolute atomic E-state index is 12.7. The molecular weight excluding hydrogens is 458 g/mol. The molecule has 0 saturated heterocycles. The maximum Gasteiger partial charge on any atom is 0.261 e. The van der Waals surface area contributed by atoms with Crippen LogP contribution in [0, 0.1) is 6.92 Å². The molecule has 0 atom stereocenters. The lowest BCUT2D eigenvalue weighted by atomic mass is 10.1. The third-order valence-corrected chi connectivity index (χ3v) is 7.06. The summed E-state index contributed by atoms with van der Waals surface area (Å²) in [4.78, 5) is 30.1. The maximum atomic E-state index is 12.7. The van der Waals surface area contributed by atoms with Crippen LogP contribution in [0.15, 0.2) is 84.1 Å². The molecule has 0 bridgehead atoms. The molecule has 3 aromatic carbocycles. The first-order valence-corrected chi connectivity index (χ1v) is 12.3. The van der Waals surface area contributed by atoms with Crippen LogP contribution in [0.2, 0.25) is 0 Å². The van der Waals surface area contributed by atoms with Crippen LogP contribution in [0.3, 0.4) is 0 Å². The Morgan fingerprint density at radius 2 is 1.60 bits per heavy atom. The first-order valence-electron chi connectivity index (χ1n) is 11.3. The van der Waals surface area contributed by atoms with E-state index in [0.717, 1.165) is 33.5 Å².